The van der Waals surface area contributed by atoms with E-state index in [1.807, 2.05) is 6.92 Å². The van der Waals surface area contributed by atoms with E-state index >= 15 is 0 Å². The van der Waals surface area contributed by atoms with Crippen LogP contribution in [0.3, 0.4) is 0 Å². The highest BCUT2D eigenvalue weighted by Crippen LogP contribution is 2.09. The van der Waals surface area contributed by atoms with Crippen LogP contribution in [0.25, 0.3) is 0 Å². The van der Waals surface area contributed by atoms with E-state index in [1.165, 1.54) is 19.3 Å². The standard InChI is InChI=1S/C10H19NO/c1-9(12)7-8-11-10-5-3-2-4-6-10/h3,5,9-12H,2,4,6-8H2,1H3. The summed E-state index contributed by atoms with van der Waals surface area (Å²) < 4.78 is 0. The van der Waals surface area contributed by atoms with Gasteiger partial charge in [0.15, 0.2) is 0 Å². The fourth-order valence-corrected chi connectivity index (χ4v) is 1.46. The van der Waals surface area contributed by atoms with Crippen molar-refractivity contribution in [2.24, 2.45) is 0 Å². The lowest BCUT2D eigenvalue weighted by Gasteiger charge is -2.18. The smallest absolute Gasteiger partial charge is 0.0524 e. The van der Waals surface area contributed by atoms with Crippen LogP contribution in [0.15, 0.2) is 12.2 Å². The number of aliphatic hydroxyl groups excluding tert-OH is 1. The fourth-order valence-electron chi connectivity index (χ4n) is 1.46. The van der Waals surface area contributed by atoms with Gasteiger partial charge in [0.1, 0.15) is 0 Å². The lowest BCUT2D eigenvalue weighted by molar-refractivity contribution is 0.182. The maximum Gasteiger partial charge on any atom is 0.0524 e. The van der Waals surface area contributed by atoms with Gasteiger partial charge in [-0.1, -0.05) is 12.2 Å². The van der Waals surface area contributed by atoms with Gasteiger partial charge in [-0.2, -0.15) is 0 Å². The molecule has 1 aliphatic rings. The number of nitrogens with one attached hydrogen (secondary N) is 1. The molecule has 12 heavy (non-hydrogen) atoms. The maximum atomic E-state index is 9.02. The van der Waals surface area contributed by atoms with Gasteiger partial charge in [-0.25, -0.2) is 0 Å². The molecule has 2 N–H and O–H groups in total. The molecule has 1 aliphatic carbocycles. The van der Waals surface area contributed by atoms with Crippen LogP contribution in [-0.2, 0) is 0 Å². The summed E-state index contributed by atoms with van der Waals surface area (Å²) in [6, 6.07) is 0.553. The Morgan fingerprint density at radius 2 is 2.50 bits per heavy atom. The van der Waals surface area contributed by atoms with Gasteiger partial charge < -0.3 is 10.4 Å². The zero-order valence-corrected chi connectivity index (χ0v) is 7.79. The molecule has 2 unspecified atom stereocenters. The third-order valence-corrected chi connectivity index (χ3v) is 2.22. The van der Waals surface area contributed by atoms with Crippen LogP contribution in [0.2, 0.25) is 0 Å². The lowest BCUT2D eigenvalue weighted by atomic mass is 10.0. The highest BCUT2D eigenvalue weighted by Gasteiger charge is 2.06. The molecular formula is C10H19NO. The van der Waals surface area contributed by atoms with E-state index in [2.05, 4.69) is 17.5 Å². The summed E-state index contributed by atoms with van der Waals surface area (Å²) in [5.41, 5.74) is 0. The molecule has 0 aromatic carbocycles. The Kier molecular flexibility index (Phi) is 4.33. The molecule has 0 aromatic heterocycles. The normalized spacial score (nSPS) is 25.7. The Balaban J connectivity index is 2.06. The first-order valence-corrected chi connectivity index (χ1v) is 4.87. The largest absolute Gasteiger partial charge is 0.393 e. The van der Waals surface area contributed by atoms with Crippen molar-refractivity contribution in [3.63, 3.8) is 0 Å². The fraction of sp³-hybridized carbons (Fsp3) is 0.800. The van der Waals surface area contributed by atoms with E-state index in [0.717, 1.165) is 13.0 Å². The number of hydrogen-bond acceptors (Lipinski definition) is 2. The second kappa shape index (κ2) is 5.33. The summed E-state index contributed by atoms with van der Waals surface area (Å²) >= 11 is 0. The topological polar surface area (TPSA) is 32.3 Å². The molecule has 1 rings (SSSR count). The van der Waals surface area contributed by atoms with Crippen LogP contribution in [0.1, 0.15) is 32.6 Å². The van der Waals surface area contributed by atoms with Crippen molar-refractivity contribution in [3.8, 4) is 0 Å². The summed E-state index contributed by atoms with van der Waals surface area (Å²) in [5, 5.41) is 12.4. The molecule has 0 aliphatic heterocycles. The first-order chi connectivity index (χ1) is 5.79. The lowest BCUT2D eigenvalue weighted by Crippen LogP contribution is -2.30. The number of rotatable bonds is 4. The van der Waals surface area contributed by atoms with Gasteiger partial charge in [-0.3, -0.25) is 0 Å². The quantitative estimate of drug-likeness (QED) is 0.624. The minimum Gasteiger partial charge on any atom is -0.393 e. The Morgan fingerprint density at radius 3 is 3.08 bits per heavy atom. The minimum atomic E-state index is -0.176. The third kappa shape index (κ3) is 3.88. The molecule has 2 heteroatoms. The van der Waals surface area contributed by atoms with E-state index in [4.69, 9.17) is 5.11 Å². The summed E-state index contributed by atoms with van der Waals surface area (Å²) in [5.74, 6) is 0. The first kappa shape index (κ1) is 9.75. The predicted octanol–water partition coefficient (Wildman–Crippen LogP) is 1.46. The highest BCUT2D eigenvalue weighted by atomic mass is 16.3. The molecule has 2 nitrogen and oxygen atoms in total. The molecular weight excluding hydrogens is 150 g/mol. The van der Waals surface area contributed by atoms with E-state index in [9.17, 15) is 0 Å². The molecule has 2 atom stereocenters. The number of aliphatic hydroxyl groups is 1. The predicted molar refractivity (Wildman–Crippen MR) is 51.1 cm³/mol. The van der Waals surface area contributed by atoms with Crippen LogP contribution in [0.5, 0.6) is 0 Å². The summed E-state index contributed by atoms with van der Waals surface area (Å²) in [7, 11) is 0. The molecule has 0 radical (unpaired) electrons. The van der Waals surface area contributed by atoms with Crippen LogP contribution in [0.4, 0.5) is 0 Å². The van der Waals surface area contributed by atoms with E-state index in [1.54, 1.807) is 0 Å². The van der Waals surface area contributed by atoms with Crippen LogP contribution in [0, 0.1) is 0 Å². The molecule has 0 fully saturated rings. The van der Waals surface area contributed by atoms with E-state index < -0.39 is 0 Å². The molecule has 0 aromatic rings. The molecule has 0 spiro atoms. The van der Waals surface area contributed by atoms with Gasteiger partial charge in [-0.15, -0.1) is 0 Å². The average molecular weight is 169 g/mol. The van der Waals surface area contributed by atoms with Gasteiger partial charge in [0, 0.05) is 6.04 Å². The van der Waals surface area contributed by atoms with Crippen molar-refractivity contribution in [1.29, 1.82) is 0 Å². The van der Waals surface area contributed by atoms with E-state index in [-0.39, 0.29) is 6.10 Å². The zero-order valence-electron chi connectivity index (χ0n) is 7.79. The number of hydrogen-bond donors (Lipinski definition) is 2. The minimum absolute atomic E-state index is 0.176. The second-order valence-corrected chi connectivity index (χ2v) is 3.56. The van der Waals surface area contributed by atoms with Gasteiger partial charge in [-0.05, 0) is 39.2 Å². The van der Waals surface area contributed by atoms with Gasteiger partial charge >= 0.3 is 0 Å². The summed E-state index contributed by atoms with van der Waals surface area (Å²) in [4.78, 5) is 0. The van der Waals surface area contributed by atoms with Crippen LogP contribution in [-0.4, -0.2) is 23.8 Å². The molecule has 0 saturated carbocycles. The molecule has 0 heterocycles. The van der Waals surface area contributed by atoms with Crippen molar-refractivity contribution in [2.45, 2.75) is 44.8 Å². The Hall–Kier alpha value is -0.340. The third-order valence-electron chi connectivity index (χ3n) is 2.22. The Bertz CT molecular complexity index is 143. The van der Waals surface area contributed by atoms with E-state index in [0.29, 0.717) is 6.04 Å². The van der Waals surface area contributed by atoms with Crippen molar-refractivity contribution >= 4 is 0 Å². The summed E-state index contributed by atoms with van der Waals surface area (Å²) in [6.45, 7) is 2.76. The van der Waals surface area contributed by atoms with Gasteiger partial charge in [0.2, 0.25) is 0 Å². The van der Waals surface area contributed by atoms with Gasteiger partial charge in [0.05, 0.1) is 6.10 Å². The zero-order chi connectivity index (χ0) is 8.81. The Morgan fingerprint density at radius 1 is 1.67 bits per heavy atom. The first-order valence-electron chi connectivity index (χ1n) is 4.87. The summed E-state index contributed by atoms with van der Waals surface area (Å²) in [6.07, 6.45) is 8.93. The average Bonchev–Trinajstić information content (AvgIpc) is 2.05. The second-order valence-electron chi connectivity index (χ2n) is 3.56. The van der Waals surface area contributed by atoms with Crippen LogP contribution < -0.4 is 5.32 Å². The van der Waals surface area contributed by atoms with Crippen molar-refractivity contribution < 1.29 is 5.11 Å². The van der Waals surface area contributed by atoms with Crippen molar-refractivity contribution in [1.82, 2.24) is 5.32 Å². The Labute approximate surface area is 74.7 Å². The van der Waals surface area contributed by atoms with Crippen molar-refractivity contribution in [2.75, 3.05) is 6.54 Å². The maximum absolute atomic E-state index is 9.02. The monoisotopic (exact) mass is 169 g/mol. The molecule has 0 saturated heterocycles. The highest BCUT2D eigenvalue weighted by molar-refractivity contribution is 4.97. The number of allylic oxidation sites excluding steroid dienone is 1. The SMILES string of the molecule is CC(O)CCNC1C=CCCC1. The molecule has 0 bridgehead atoms. The molecule has 70 valence electrons. The van der Waals surface area contributed by atoms with Crippen LogP contribution >= 0.6 is 0 Å². The molecule has 0 amide bonds. The van der Waals surface area contributed by atoms with Gasteiger partial charge in [0.25, 0.3) is 0 Å². The van der Waals surface area contributed by atoms with Crippen molar-refractivity contribution in [3.05, 3.63) is 12.2 Å².